The molecular weight excluding hydrogens is 272 g/mol. The van der Waals surface area contributed by atoms with E-state index < -0.39 is 0 Å². The molecule has 3 heteroatoms. The summed E-state index contributed by atoms with van der Waals surface area (Å²) in [5.74, 6) is -0.0928. The van der Waals surface area contributed by atoms with Gasteiger partial charge >= 0.3 is 0 Å². The van der Waals surface area contributed by atoms with Crippen molar-refractivity contribution < 1.29 is 4.79 Å². The van der Waals surface area contributed by atoms with Gasteiger partial charge in [-0.25, -0.2) is 0 Å². The van der Waals surface area contributed by atoms with Gasteiger partial charge in [-0.15, -0.1) is 0 Å². The quantitative estimate of drug-likeness (QED) is 0.785. The van der Waals surface area contributed by atoms with Crippen LogP contribution in [0.5, 0.6) is 0 Å². The Morgan fingerprint density at radius 3 is 2.41 bits per heavy atom. The second-order valence-corrected chi connectivity index (χ2v) is 5.43. The normalized spacial score (nSPS) is 10.5. The molecule has 3 nitrogen and oxygen atoms in total. The molecule has 22 heavy (non-hydrogen) atoms. The van der Waals surface area contributed by atoms with Gasteiger partial charge in [-0.1, -0.05) is 36.4 Å². The third-order valence-corrected chi connectivity index (χ3v) is 3.66. The highest BCUT2D eigenvalue weighted by atomic mass is 16.1. The molecule has 110 valence electrons. The summed E-state index contributed by atoms with van der Waals surface area (Å²) < 4.78 is 0. The van der Waals surface area contributed by atoms with Crippen LogP contribution in [0.15, 0.2) is 66.7 Å². The van der Waals surface area contributed by atoms with Crippen LogP contribution in [0, 0.1) is 0 Å². The van der Waals surface area contributed by atoms with Crippen molar-refractivity contribution in [3.63, 3.8) is 0 Å². The number of nitrogens with zero attached hydrogens (tertiary/aromatic N) is 1. The van der Waals surface area contributed by atoms with Crippen molar-refractivity contribution in [1.82, 2.24) is 0 Å². The Morgan fingerprint density at radius 1 is 0.909 bits per heavy atom. The highest BCUT2D eigenvalue weighted by molar-refractivity contribution is 6.09. The van der Waals surface area contributed by atoms with Gasteiger partial charge in [-0.2, -0.15) is 0 Å². The molecule has 0 atom stereocenters. The molecule has 0 fully saturated rings. The van der Waals surface area contributed by atoms with Gasteiger partial charge in [-0.05, 0) is 35.7 Å². The summed E-state index contributed by atoms with van der Waals surface area (Å²) in [5, 5.41) is 5.14. The van der Waals surface area contributed by atoms with Crippen molar-refractivity contribution in [2.45, 2.75) is 0 Å². The number of carbonyl (C=O) groups excluding carboxylic acids is 1. The average Bonchev–Trinajstić information content (AvgIpc) is 2.55. The summed E-state index contributed by atoms with van der Waals surface area (Å²) in [6.45, 7) is 0. The molecule has 1 amide bonds. The lowest BCUT2D eigenvalue weighted by atomic mass is 10.1. The van der Waals surface area contributed by atoms with E-state index >= 15 is 0 Å². The Kier molecular flexibility index (Phi) is 3.79. The molecule has 1 N–H and O–H groups in total. The van der Waals surface area contributed by atoms with Crippen LogP contribution in [0.2, 0.25) is 0 Å². The van der Waals surface area contributed by atoms with E-state index in [0.29, 0.717) is 5.56 Å². The summed E-state index contributed by atoms with van der Waals surface area (Å²) in [7, 11) is 4.03. The molecule has 0 aliphatic heterocycles. The van der Waals surface area contributed by atoms with Crippen molar-refractivity contribution in [2.24, 2.45) is 0 Å². The standard InChI is InChI=1S/C19H18N2O/c1-21(2)16-11-12-17-15(13-16)9-6-10-18(17)20-19(22)14-7-4-3-5-8-14/h3-13H,1-2H3,(H,20,22). The Labute approximate surface area is 130 Å². The third-order valence-electron chi connectivity index (χ3n) is 3.66. The molecule has 3 aromatic carbocycles. The number of fused-ring (bicyclic) bond motifs is 1. The van der Waals surface area contributed by atoms with Crippen molar-refractivity contribution in [1.29, 1.82) is 0 Å². The second kappa shape index (κ2) is 5.90. The van der Waals surface area contributed by atoms with E-state index in [2.05, 4.69) is 28.4 Å². The van der Waals surface area contributed by atoms with Gasteiger partial charge in [-0.3, -0.25) is 4.79 Å². The van der Waals surface area contributed by atoms with Crippen molar-refractivity contribution >= 4 is 28.1 Å². The maximum Gasteiger partial charge on any atom is 0.255 e. The van der Waals surface area contributed by atoms with Crippen molar-refractivity contribution in [2.75, 3.05) is 24.3 Å². The Bertz CT molecular complexity index is 810. The summed E-state index contributed by atoms with van der Waals surface area (Å²) in [6.07, 6.45) is 0. The lowest BCUT2D eigenvalue weighted by Gasteiger charge is -2.14. The molecule has 0 bridgehead atoms. The average molecular weight is 290 g/mol. The molecular formula is C19H18N2O. The fraction of sp³-hybridized carbons (Fsp3) is 0.105. The zero-order valence-electron chi connectivity index (χ0n) is 12.7. The van der Waals surface area contributed by atoms with Crippen LogP contribution in [-0.2, 0) is 0 Å². The third kappa shape index (κ3) is 2.79. The van der Waals surface area contributed by atoms with Gasteiger partial charge in [0.15, 0.2) is 0 Å². The summed E-state index contributed by atoms with van der Waals surface area (Å²) in [4.78, 5) is 14.4. The number of nitrogens with one attached hydrogen (secondary N) is 1. The van der Waals surface area contributed by atoms with Crippen LogP contribution >= 0.6 is 0 Å². The number of amides is 1. The van der Waals surface area contributed by atoms with Crippen LogP contribution in [0.1, 0.15) is 10.4 Å². The zero-order valence-corrected chi connectivity index (χ0v) is 12.7. The fourth-order valence-electron chi connectivity index (χ4n) is 2.44. The zero-order chi connectivity index (χ0) is 15.5. The first-order chi connectivity index (χ1) is 10.6. The molecule has 0 spiro atoms. The largest absolute Gasteiger partial charge is 0.378 e. The number of anilines is 2. The van der Waals surface area contributed by atoms with E-state index in [4.69, 9.17) is 0 Å². The molecule has 0 aliphatic rings. The minimum Gasteiger partial charge on any atom is -0.378 e. The summed E-state index contributed by atoms with van der Waals surface area (Å²) in [6, 6.07) is 21.4. The fourth-order valence-corrected chi connectivity index (χ4v) is 2.44. The number of benzene rings is 3. The van der Waals surface area contributed by atoms with Crippen molar-refractivity contribution in [3.8, 4) is 0 Å². The SMILES string of the molecule is CN(C)c1ccc2c(NC(=O)c3ccccc3)cccc2c1. The lowest BCUT2D eigenvalue weighted by molar-refractivity contribution is 0.102. The Balaban J connectivity index is 1.96. The first-order valence-corrected chi connectivity index (χ1v) is 7.21. The lowest BCUT2D eigenvalue weighted by Crippen LogP contribution is -2.12. The molecule has 0 aromatic heterocycles. The molecule has 0 radical (unpaired) electrons. The molecule has 0 saturated heterocycles. The van der Waals surface area contributed by atoms with E-state index in [1.807, 2.05) is 62.6 Å². The highest BCUT2D eigenvalue weighted by Gasteiger charge is 2.08. The van der Waals surface area contributed by atoms with E-state index in [1.54, 1.807) is 0 Å². The van der Waals surface area contributed by atoms with Crippen LogP contribution in [0.3, 0.4) is 0 Å². The van der Waals surface area contributed by atoms with Crippen molar-refractivity contribution in [3.05, 3.63) is 72.3 Å². The van der Waals surface area contributed by atoms with E-state index in [9.17, 15) is 4.79 Å². The van der Waals surface area contributed by atoms with Crippen LogP contribution in [-0.4, -0.2) is 20.0 Å². The molecule has 0 saturated carbocycles. The first-order valence-electron chi connectivity index (χ1n) is 7.21. The minimum atomic E-state index is -0.0928. The van der Waals surface area contributed by atoms with Gasteiger partial charge in [0.25, 0.3) is 5.91 Å². The van der Waals surface area contributed by atoms with Gasteiger partial charge < -0.3 is 10.2 Å². The van der Waals surface area contributed by atoms with E-state index in [1.165, 1.54) is 0 Å². The predicted octanol–water partition coefficient (Wildman–Crippen LogP) is 4.16. The molecule has 0 unspecified atom stereocenters. The molecule has 3 rings (SSSR count). The van der Waals surface area contributed by atoms with E-state index in [0.717, 1.165) is 22.1 Å². The van der Waals surface area contributed by atoms with Gasteiger partial charge in [0.1, 0.15) is 0 Å². The molecule has 0 aliphatic carbocycles. The van der Waals surface area contributed by atoms with Crippen LogP contribution < -0.4 is 10.2 Å². The number of rotatable bonds is 3. The molecule has 0 heterocycles. The second-order valence-electron chi connectivity index (χ2n) is 5.43. The topological polar surface area (TPSA) is 32.3 Å². The summed E-state index contributed by atoms with van der Waals surface area (Å²) in [5.41, 5.74) is 2.63. The van der Waals surface area contributed by atoms with Gasteiger partial charge in [0.05, 0.1) is 0 Å². The predicted molar refractivity (Wildman–Crippen MR) is 92.7 cm³/mol. The summed E-state index contributed by atoms with van der Waals surface area (Å²) >= 11 is 0. The smallest absolute Gasteiger partial charge is 0.255 e. The molecule has 3 aromatic rings. The van der Waals surface area contributed by atoms with Crippen LogP contribution in [0.4, 0.5) is 11.4 Å². The van der Waals surface area contributed by atoms with Gasteiger partial charge in [0.2, 0.25) is 0 Å². The maximum absolute atomic E-state index is 12.3. The van der Waals surface area contributed by atoms with Crippen LogP contribution in [0.25, 0.3) is 10.8 Å². The monoisotopic (exact) mass is 290 g/mol. The Morgan fingerprint density at radius 2 is 1.68 bits per heavy atom. The Hall–Kier alpha value is -2.81. The number of hydrogen-bond donors (Lipinski definition) is 1. The number of hydrogen-bond acceptors (Lipinski definition) is 2. The minimum absolute atomic E-state index is 0.0928. The van der Waals surface area contributed by atoms with E-state index in [-0.39, 0.29) is 5.91 Å². The number of carbonyl (C=O) groups is 1. The first kappa shape index (κ1) is 14.1. The highest BCUT2D eigenvalue weighted by Crippen LogP contribution is 2.27. The van der Waals surface area contributed by atoms with Gasteiger partial charge in [0, 0.05) is 36.4 Å². The maximum atomic E-state index is 12.3.